The Balaban J connectivity index is 1.04. The van der Waals surface area contributed by atoms with Crippen LogP contribution in [0, 0.1) is 10.8 Å². The fourth-order valence-corrected chi connectivity index (χ4v) is 8.34. The smallest absolute Gasteiger partial charge is 0.387 e. The molecule has 11 heteroatoms. The summed E-state index contributed by atoms with van der Waals surface area (Å²) in [5, 5.41) is 4.28. The Labute approximate surface area is 247 Å². The Morgan fingerprint density at radius 2 is 1.72 bits per heavy atom. The van der Waals surface area contributed by atoms with Crippen molar-refractivity contribution < 1.29 is 27.2 Å². The molecule has 7 fully saturated rings. The number of halogens is 3. The maximum atomic E-state index is 14.3. The van der Waals surface area contributed by atoms with Gasteiger partial charge in [0.25, 0.3) is 0 Å². The number of carbonyl (C=O) groups is 1. The number of hydrogen-bond donors (Lipinski definition) is 0. The minimum absolute atomic E-state index is 0.0169. The van der Waals surface area contributed by atoms with E-state index in [0.717, 1.165) is 68.8 Å². The number of amides is 1. The van der Waals surface area contributed by atoms with Crippen LogP contribution in [0.1, 0.15) is 94.7 Å². The number of ether oxygens (including phenoxy) is 1. The van der Waals surface area contributed by atoms with Crippen molar-refractivity contribution in [3.8, 4) is 17.1 Å². The maximum absolute atomic E-state index is 14.3. The molecule has 0 atom stereocenters. The number of fused-ring (bicyclic) bond motifs is 3. The van der Waals surface area contributed by atoms with Gasteiger partial charge in [-0.15, -0.1) is 0 Å². The minimum Gasteiger partial charge on any atom is -0.432 e. The minimum atomic E-state index is -2.96. The number of carbonyl (C=O) groups excluding carboxylic acids is 1. The average molecular weight is 594 g/mol. The van der Waals surface area contributed by atoms with Gasteiger partial charge in [-0.3, -0.25) is 4.79 Å². The topological polar surface area (TPSA) is 94.2 Å². The highest BCUT2D eigenvalue weighted by molar-refractivity contribution is 5.94. The van der Waals surface area contributed by atoms with Crippen molar-refractivity contribution in [3.05, 3.63) is 48.4 Å². The monoisotopic (exact) mass is 593 g/mol. The van der Waals surface area contributed by atoms with Crippen molar-refractivity contribution in [1.29, 1.82) is 0 Å². The van der Waals surface area contributed by atoms with Crippen LogP contribution in [0.15, 0.2) is 41.2 Å². The van der Waals surface area contributed by atoms with Crippen LogP contribution in [0.5, 0.6) is 5.75 Å². The first kappa shape index (κ1) is 27.1. The summed E-state index contributed by atoms with van der Waals surface area (Å²) in [5.74, 6) is 2.34. The summed E-state index contributed by atoms with van der Waals surface area (Å²) in [4.78, 5) is 29.2. The Hall–Kier alpha value is -3.50. The number of benzene rings is 1. The summed E-state index contributed by atoms with van der Waals surface area (Å²) >= 11 is 0. The second kappa shape index (κ2) is 9.50. The quantitative estimate of drug-likeness (QED) is 0.252. The highest BCUT2D eigenvalue weighted by Gasteiger charge is 2.69. The Bertz CT molecular complexity index is 1510. The van der Waals surface area contributed by atoms with Crippen molar-refractivity contribution in [2.75, 3.05) is 11.4 Å². The fraction of sp³-hybridized carbons (Fsp3) is 0.594. The first-order chi connectivity index (χ1) is 20.7. The van der Waals surface area contributed by atoms with E-state index in [1.54, 1.807) is 0 Å². The van der Waals surface area contributed by atoms with Gasteiger partial charge in [0.2, 0.25) is 11.8 Å². The molecule has 226 valence electrons. The first-order valence-corrected chi connectivity index (χ1v) is 15.4. The Morgan fingerprint density at radius 3 is 2.35 bits per heavy atom. The molecule has 0 spiro atoms. The third-order valence-electron chi connectivity index (χ3n) is 10.9. The highest BCUT2D eigenvalue weighted by Crippen LogP contribution is 2.71. The molecular formula is C32H34F3N5O3. The zero-order valence-electron chi connectivity index (χ0n) is 23.9. The summed E-state index contributed by atoms with van der Waals surface area (Å²) < 4.78 is 49.7. The van der Waals surface area contributed by atoms with Crippen LogP contribution < -0.4 is 9.64 Å². The molecule has 1 aromatic carbocycles. The number of aromatic nitrogens is 4. The van der Waals surface area contributed by atoms with Gasteiger partial charge in [0.1, 0.15) is 5.67 Å². The zero-order valence-corrected chi connectivity index (χ0v) is 23.9. The third kappa shape index (κ3) is 4.79. The molecule has 3 aromatic rings. The normalized spacial score (nSPS) is 32.3. The van der Waals surface area contributed by atoms with Crippen molar-refractivity contribution in [1.82, 2.24) is 20.1 Å². The number of hydrogen-bond acceptors (Lipinski definition) is 7. The van der Waals surface area contributed by atoms with E-state index in [0.29, 0.717) is 49.5 Å². The van der Waals surface area contributed by atoms with E-state index in [1.807, 2.05) is 29.2 Å². The number of nitrogens with zero attached hydrogens (tertiary/aromatic N) is 5. The second-order valence-corrected chi connectivity index (χ2v) is 14.0. The van der Waals surface area contributed by atoms with Crippen LogP contribution in [0.3, 0.4) is 0 Å². The van der Waals surface area contributed by atoms with Gasteiger partial charge in [-0.2, -0.15) is 13.8 Å². The van der Waals surface area contributed by atoms with Crippen LogP contribution in [-0.2, 0) is 10.2 Å². The van der Waals surface area contributed by atoms with Gasteiger partial charge in [-0.1, -0.05) is 17.3 Å². The number of rotatable bonds is 10. The molecule has 43 heavy (non-hydrogen) atoms. The summed E-state index contributed by atoms with van der Waals surface area (Å²) in [6, 6.07) is 7.48. The van der Waals surface area contributed by atoms with Gasteiger partial charge in [0.05, 0.1) is 12.4 Å². The second-order valence-electron chi connectivity index (χ2n) is 14.0. The largest absolute Gasteiger partial charge is 0.432 e. The number of anilines is 1. The molecule has 1 amide bonds. The molecule has 2 heterocycles. The van der Waals surface area contributed by atoms with Gasteiger partial charge < -0.3 is 14.2 Å². The SMILES string of the molecule is O=C(CC12CC(F)(C1)C2)N(CC12CCC(c3nc(C4CC4)no3)(CC1)CC2)c1cccc(-c2ncc(OC(F)F)cn2)c1. The molecule has 0 saturated heterocycles. The van der Waals surface area contributed by atoms with Crippen molar-refractivity contribution in [3.63, 3.8) is 0 Å². The van der Waals surface area contributed by atoms with Gasteiger partial charge in [0.15, 0.2) is 17.4 Å². The van der Waals surface area contributed by atoms with E-state index in [4.69, 9.17) is 9.51 Å². The molecule has 0 unspecified atom stereocenters. The van der Waals surface area contributed by atoms with Crippen LogP contribution in [0.2, 0.25) is 0 Å². The Kier molecular flexibility index (Phi) is 5.98. The summed E-state index contributed by atoms with van der Waals surface area (Å²) in [6.45, 7) is -2.37. The molecule has 4 bridgehead atoms. The molecule has 10 rings (SSSR count). The lowest BCUT2D eigenvalue weighted by Gasteiger charge is -2.66. The number of alkyl halides is 3. The van der Waals surface area contributed by atoms with E-state index in [1.165, 1.54) is 12.4 Å². The Morgan fingerprint density at radius 1 is 1.02 bits per heavy atom. The molecule has 2 aromatic heterocycles. The molecule has 0 aliphatic heterocycles. The van der Waals surface area contributed by atoms with Gasteiger partial charge in [-0.05, 0) is 93.6 Å². The van der Waals surface area contributed by atoms with Crippen molar-refractivity contribution >= 4 is 11.6 Å². The average Bonchev–Trinajstić information content (AvgIpc) is 3.71. The molecule has 8 nitrogen and oxygen atoms in total. The molecule has 0 N–H and O–H groups in total. The van der Waals surface area contributed by atoms with Crippen LogP contribution in [0.25, 0.3) is 11.4 Å². The van der Waals surface area contributed by atoms with E-state index >= 15 is 0 Å². The lowest BCUT2D eigenvalue weighted by Crippen LogP contribution is -2.65. The molecule has 7 aliphatic rings. The van der Waals surface area contributed by atoms with Gasteiger partial charge in [0, 0.05) is 35.5 Å². The molecule has 7 saturated carbocycles. The fourth-order valence-electron chi connectivity index (χ4n) is 8.34. The highest BCUT2D eigenvalue weighted by atomic mass is 19.3. The van der Waals surface area contributed by atoms with Gasteiger partial charge in [-0.25, -0.2) is 14.4 Å². The first-order valence-electron chi connectivity index (χ1n) is 15.4. The lowest BCUT2D eigenvalue weighted by molar-refractivity contribution is -0.215. The van der Waals surface area contributed by atoms with Crippen molar-refractivity contribution in [2.45, 2.75) is 101 Å². The van der Waals surface area contributed by atoms with E-state index in [-0.39, 0.29) is 27.9 Å². The van der Waals surface area contributed by atoms with Crippen LogP contribution in [0.4, 0.5) is 18.9 Å². The molecule has 0 radical (unpaired) electrons. The van der Waals surface area contributed by atoms with E-state index in [9.17, 15) is 18.0 Å². The molecular weight excluding hydrogens is 559 g/mol. The maximum Gasteiger partial charge on any atom is 0.387 e. The zero-order chi connectivity index (χ0) is 29.5. The predicted molar refractivity (Wildman–Crippen MR) is 149 cm³/mol. The standard InChI is InChI=1S/C32H34F3N5O3/c33-28(34)42-23-14-36-25(37-15-23)21-2-1-3-22(12-21)40(24(41)13-30-16-32(35,17-30)18-30)19-29-6-9-31(10-7-29,11-8-29)27-38-26(39-43-27)20-4-5-20/h1-3,12,14-15,20,28H,4-11,13,16-19H2. The summed E-state index contributed by atoms with van der Waals surface area (Å²) in [7, 11) is 0. The van der Waals surface area contributed by atoms with Crippen LogP contribution >= 0.6 is 0 Å². The molecule has 7 aliphatic carbocycles. The van der Waals surface area contributed by atoms with E-state index < -0.39 is 12.3 Å². The van der Waals surface area contributed by atoms with E-state index in [2.05, 4.69) is 19.9 Å². The predicted octanol–water partition coefficient (Wildman–Crippen LogP) is 6.91. The third-order valence-corrected chi connectivity index (χ3v) is 10.9. The van der Waals surface area contributed by atoms with Crippen molar-refractivity contribution in [2.24, 2.45) is 10.8 Å². The lowest BCUT2D eigenvalue weighted by atomic mass is 9.41. The van der Waals surface area contributed by atoms with Gasteiger partial charge >= 0.3 is 6.61 Å². The summed E-state index contributed by atoms with van der Waals surface area (Å²) in [6.07, 6.45) is 12.2. The summed E-state index contributed by atoms with van der Waals surface area (Å²) in [5.41, 5.74) is 0.0235. The van der Waals surface area contributed by atoms with Crippen LogP contribution in [-0.4, -0.2) is 44.8 Å².